The first-order valence-electron chi connectivity index (χ1n) is 4.27. The zero-order valence-corrected chi connectivity index (χ0v) is 8.89. The highest BCUT2D eigenvalue weighted by Crippen LogP contribution is 2.13. The summed E-state index contributed by atoms with van der Waals surface area (Å²) in [6.45, 7) is 0.744. The highest BCUT2D eigenvalue weighted by atomic mass is 32.2. The van der Waals surface area contributed by atoms with Gasteiger partial charge in [-0.05, 0) is 18.6 Å². The summed E-state index contributed by atoms with van der Waals surface area (Å²) in [6, 6.07) is 6.21. The molecule has 0 unspecified atom stereocenters. The summed E-state index contributed by atoms with van der Waals surface area (Å²) in [6.07, 6.45) is -2.69. The van der Waals surface area contributed by atoms with Gasteiger partial charge in [0.1, 0.15) is 0 Å². The van der Waals surface area contributed by atoms with Crippen molar-refractivity contribution in [2.45, 2.75) is 18.2 Å². The van der Waals surface area contributed by atoms with Crippen LogP contribution in [0.2, 0.25) is 0 Å². The van der Waals surface area contributed by atoms with Gasteiger partial charge in [0, 0.05) is 0 Å². The number of aryl methyl sites for hydroxylation is 1. The smallest absolute Gasteiger partial charge is 0.209 e. The topological polar surface area (TPSA) is 46.2 Å². The summed E-state index contributed by atoms with van der Waals surface area (Å²) in [4.78, 5) is 0.0330. The van der Waals surface area contributed by atoms with E-state index in [0.29, 0.717) is 5.56 Å². The lowest BCUT2D eigenvalue weighted by Gasteiger charge is -2.08. The van der Waals surface area contributed by atoms with Crippen molar-refractivity contribution >= 4 is 10.0 Å². The second kappa shape index (κ2) is 4.67. The number of sulfonamides is 1. The third-order valence-corrected chi connectivity index (χ3v) is 3.39. The summed E-state index contributed by atoms with van der Waals surface area (Å²) in [5, 5.41) is 0. The van der Waals surface area contributed by atoms with E-state index in [1.165, 1.54) is 6.07 Å². The van der Waals surface area contributed by atoms with Gasteiger partial charge in [-0.2, -0.15) is 0 Å². The summed E-state index contributed by atoms with van der Waals surface area (Å²) < 4.78 is 48.6. The number of halogens is 2. The second-order valence-electron chi connectivity index (χ2n) is 3.01. The molecular weight excluding hydrogens is 224 g/mol. The summed E-state index contributed by atoms with van der Waals surface area (Å²) in [5.41, 5.74) is 0.527. The number of alkyl halides is 2. The van der Waals surface area contributed by atoms with Crippen LogP contribution < -0.4 is 4.72 Å². The molecule has 1 rings (SSSR count). The molecule has 0 radical (unpaired) electrons. The van der Waals surface area contributed by atoms with Crippen molar-refractivity contribution in [1.29, 1.82) is 0 Å². The molecule has 0 saturated heterocycles. The molecule has 0 aliphatic heterocycles. The van der Waals surface area contributed by atoms with Crippen LogP contribution in [0.25, 0.3) is 0 Å². The molecule has 15 heavy (non-hydrogen) atoms. The van der Waals surface area contributed by atoms with Gasteiger partial charge in [0.05, 0.1) is 11.4 Å². The van der Waals surface area contributed by atoms with Gasteiger partial charge in [-0.25, -0.2) is 21.9 Å². The first-order valence-corrected chi connectivity index (χ1v) is 5.75. The summed E-state index contributed by atoms with van der Waals surface area (Å²) in [5.74, 6) is 0. The van der Waals surface area contributed by atoms with Crippen molar-refractivity contribution in [2.75, 3.05) is 6.54 Å². The Labute approximate surface area is 87.2 Å². The van der Waals surface area contributed by atoms with Gasteiger partial charge in [-0.1, -0.05) is 18.2 Å². The minimum absolute atomic E-state index is 0.0330. The molecule has 0 heterocycles. The van der Waals surface area contributed by atoms with Crippen molar-refractivity contribution in [2.24, 2.45) is 0 Å². The molecule has 0 bridgehead atoms. The first kappa shape index (κ1) is 12.1. The average molecular weight is 235 g/mol. The van der Waals surface area contributed by atoms with Crippen molar-refractivity contribution in [3.8, 4) is 0 Å². The van der Waals surface area contributed by atoms with E-state index in [2.05, 4.69) is 0 Å². The van der Waals surface area contributed by atoms with Gasteiger partial charge in [0.2, 0.25) is 10.0 Å². The van der Waals surface area contributed by atoms with Crippen LogP contribution in [-0.4, -0.2) is 21.4 Å². The number of nitrogens with one attached hydrogen (secondary N) is 1. The molecule has 1 aromatic rings. The Bertz CT molecular complexity index is 431. The SMILES string of the molecule is Cc1ccccc1S(=O)(=O)NCC(F)F. The van der Waals surface area contributed by atoms with Crippen LogP contribution in [-0.2, 0) is 10.0 Å². The van der Waals surface area contributed by atoms with Gasteiger partial charge >= 0.3 is 0 Å². The summed E-state index contributed by atoms with van der Waals surface area (Å²) in [7, 11) is -3.82. The van der Waals surface area contributed by atoms with Crippen molar-refractivity contribution < 1.29 is 17.2 Å². The third kappa shape index (κ3) is 3.24. The molecule has 0 saturated carbocycles. The molecule has 1 aromatic carbocycles. The summed E-state index contributed by atoms with van der Waals surface area (Å²) >= 11 is 0. The zero-order valence-electron chi connectivity index (χ0n) is 8.07. The third-order valence-electron chi connectivity index (χ3n) is 1.81. The molecule has 84 valence electrons. The molecule has 0 atom stereocenters. The molecule has 3 nitrogen and oxygen atoms in total. The Balaban J connectivity index is 2.92. The maximum Gasteiger partial charge on any atom is 0.251 e. The standard InChI is InChI=1S/C9H11F2NO2S/c1-7-4-2-3-5-8(7)15(13,14)12-6-9(10)11/h2-5,9,12H,6H2,1H3. The van der Waals surface area contributed by atoms with E-state index in [1.807, 2.05) is 4.72 Å². The van der Waals surface area contributed by atoms with E-state index in [-0.39, 0.29) is 4.90 Å². The van der Waals surface area contributed by atoms with Crippen LogP contribution in [0.3, 0.4) is 0 Å². The van der Waals surface area contributed by atoms with Gasteiger partial charge in [-0.3, -0.25) is 0 Å². The van der Waals surface area contributed by atoms with Crippen LogP contribution in [0.4, 0.5) is 8.78 Å². The Morgan fingerprint density at radius 1 is 1.33 bits per heavy atom. The maximum atomic E-state index is 11.9. The normalized spacial score (nSPS) is 12.0. The van der Waals surface area contributed by atoms with Gasteiger partial charge in [-0.15, -0.1) is 0 Å². The highest BCUT2D eigenvalue weighted by Gasteiger charge is 2.17. The van der Waals surface area contributed by atoms with Crippen molar-refractivity contribution in [3.63, 3.8) is 0 Å². The Morgan fingerprint density at radius 3 is 2.47 bits per heavy atom. The molecule has 0 aliphatic carbocycles. The molecule has 6 heteroatoms. The van der Waals surface area contributed by atoms with Gasteiger partial charge in [0.15, 0.2) is 0 Å². The van der Waals surface area contributed by atoms with Gasteiger partial charge < -0.3 is 0 Å². The van der Waals surface area contributed by atoms with Crippen LogP contribution in [0.15, 0.2) is 29.2 Å². The number of hydrogen-bond donors (Lipinski definition) is 1. The molecule has 0 fully saturated rings. The molecular formula is C9H11F2NO2S. The lowest BCUT2D eigenvalue weighted by Crippen LogP contribution is -2.29. The lowest BCUT2D eigenvalue weighted by molar-refractivity contribution is 0.153. The number of rotatable bonds is 4. The van der Waals surface area contributed by atoms with E-state index in [4.69, 9.17) is 0 Å². The second-order valence-corrected chi connectivity index (χ2v) is 4.74. The molecule has 0 spiro atoms. The zero-order chi connectivity index (χ0) is 11.5. The molecule has 1 N–H and O–H groups in total. The predicted octanol–water partition coefficient (Wildman–Crippen LogP) is 1.54. The van der Waals surface area contributed by atoms with E-state index in [9.17, 15) is 17.2 Å². The monoisotopic (exact) mass is 235 g/mol. The fourth-order valence-corrected chi connectivity index (χ4v) is 2.36. The molecule has 0 amide bonds. The van der Waals surface area contributed by atoms with Crippen LogP contribution in [0.5, 0.6) is 0 Å². The Morgan fingerprint density at radius 2 is 1.93 bits per heavy atom. The minimum Gasteiger partial charge on any atom is -0.209 e. The first-order chi connectivity index (χ1) is 6.93. The van der Waals surface area contributed by atoms with E-state index in [0.717, 1.165) is 0 Å². The Kier molecular flexibility index (Phi) is 3.76. The minimum atomic E-state index is -3.82. The van der Waals surface area contributed by atoms with E-state index in [1.54, 1.807) is 25.1 Å². The van der Waals surface area contributed by atoms with Crippen LogP contribution >= 0.6 is 0 Å². The number of benzene rings is 1. The maximum absolute atomic E-state index is 11.9. The van der Waals surface area contributed by atoms with Crippen LogP contribution in [0.1, 0.15) is 5.56 Å². The Hall–Kier alpha value is -1.01. The molecule has 0 aliphatic rings. The quantitative estimate of drug-likeness (QED) is 0.860. The van der Waals surface area contributed by atoms with Crippen molar-refractivity contribution in [3.05, 3.63) is 29.8 Å². The highest BCUT2D eigenvalue weighted by molar-refractivity contribution is 7.89. The van der Waals surface area contributed by atoms with E-state index >= 15 is 0 Å². The predicted molar refractivity (Wildman–Crippen MR) is 52.4 cm³/mol. The number of hydrogen-bond acceptors (Lipinski definition) is 2. The van der Waals surface area contributed by atoms with Crippen LogP contribution in [0, 0.1) is 6.92 Å². The fraction of sp³-hybridized carbons (Fsp3) is 0.333. The lowest BCUT2D eigenvalue weighted by atomic mass is 10.2. The average Bonchev–Trinajstić information content (AvgIpc) is 2.15. The van der Waals surface area contributed by atoms with Gasteiger partial charge in [0.25, 0.3) is 6.43 Å². The largest absolute Gasteiger partial charge is 0.251 e. The van der Waals surface area contributed by atoms with E-state index < -0.39 is 23.0 Å². The fourth-order valence-electron chi connectivity index (χ4n) is 1.11. The molecule has 0 aromatic heterocycles. The van der Waals surface area contributed by atoms with Crippen molar-refractivity contribution in [1.82, 2.24) is 4.72 Å².